The Kier molecular flexibility index (Phi) is 3.37. The van der Waals surface area contributed by atoms with Gasteiger partial charge in [0, 0.05) is 29.4 Å². The van der Waals surface area contributed by atoms with Crippen molar-refractivity contribution in [2.75, 3.05) is 31.4 Å². The van der Waals surface area contributed by atoms with E-state index in [0.29, 0.717) is 11.5 Å². The first-order chi connectivity index (χ1) is 11.7. The molecular formula is C18H18N4O2. The number of aromatic nitrogens is 2. The molecule has 1 aliphatic heterocycles. The number of fused-ring (bicyclic) bond motifs is 2. The molecule has 0 bridgehead atoms. The van der Waals surface area contributed by atoms with E-state index < -0.39 is 0 Å². The lowest BCUT2D eigenvalue weighted by atomic mass is 10.1. The molecule has 2 N–H and O–H groups in total. The van der Waals surface area contributed by atoms with E-state index in [1.165, 1.54) is 5.56 Å². The molecule has 6 heteroatoms. The van der Waals surface area contributed by atoms with Crippen LogP contribution in [0.1, 0.15) is 5.56 Å². The third kappa shape index (κ3) is 2.19. The average molecular weight is 322 g/mol. The van der Waals surface area contributed by atoms with E-state index in [9.17, 15) is 0 Å². The number of nitrogen functional groups attached to an aromatic ring is 1. The Morgan fingerprint density at radius 2 is 1.83 bits per heavy atom. The van der Waals surface area contributed by atoms with E-state index in [1.54, 1.807) is 20.5 Å². The van der Waals surface area contributed by atoms with Crippen LogP contribution in [-0.4, -0.2) is 30.7 Å². The number of nitrogens with two attached hydrogens (primary N) is 1. The Bertz CT molecular complexity index is 926. The van der Waals surface area contributed by atoms with Gasteiger partial charge in [-0.2, -0.15) is 0 Å². The molecule has 0 fully saturated rings. The molecule has 1 aromatic heterocycles. The van der Waals surface area contributed by atoms with Gasteiger partial charge < -0.3 is 20.1 Å². The lowest BCUT2D eigenvalue weighted by molar-refractivity contribution is 0.356. The minimum atomic E-state index is 0.653. The summed E-state index contributed by atoms with van der Waals surface area (Å²) in [6.45, 7) is 0.860. The molecule has 6 nitrogen and oxygen atoms in total. The summed E-state index contributed by atoms with van der Waals surface area (Å²) in [6.07, 6.45) is 2.54. The van der Waals surface area contributed by atoms with Crippen molar-refractivity contribution in [3.05, 3.63) is 42.2 Å². The minimum absolute atomic E-state index is 0.653. The SMILES string of the molecule is COc1cc2ncnc(N3CCc4ccc(N)cc43)c2cc1OC. The van der Waals surface area contributed by atoms with E-state index in [4.69, 9.17) is 15.2 Å². The second-order valence-electron chi connectivity index (χ2n) is 5.71. The third-order valence-electron chi connectivity index (χ3n) is 4.38. The van der Waals surface area contributed by atoms with Gasteiger partial charge >= 0.3 is 0 Å². The zero-order valence-corrected chi connectivity index (χ0v) is 13.6. The van der Waals surface area contributed by atoms with Crippen LogP contribution in [0.4, 0.5) is 17.2 Å². The zero-order chi connectivity index (χ0) is 16.7. The molecule has 0 saturated heterocycles. The van der Waals surface area contributed by atoms with E-state index in [-0.39, 0.29) is 0 Å². The number of hydrogen-bond acceptors (Lipinski definition) is 6. The van der Waals surface area contributed by atoms with E-state index >= 15 is 0 Å². The van der Waals surface area contributed by atoms with Gasteiger partial charge in [0.25, 0.3) is 0 Å². The van der Waals surface area contributed by atoms with E-state index in [1.807, 2.05) is 24.3 Å². The van der Waals surface area contributed by atoms with Crippen molar-refractivity contribution in [1.82, 2.24) is 9.97 Å². The Balaban J connectivity index is 1.91. The molecule has 1 aliphatic rings. The van der Waals surface area contributed by atoms with Gasteiger partial charge in [0.2, 0.25) is 0 Å². The maximum atomic E-state index is 5.97. The predicted molar refractivity (Wildman–Crippen MR) is 94.2 cm³/mol. The van der Waals surface area contributed by atoms with Crippen LogP contribution in [0.2, 0.25) is 0 Å². The van der Waals surface area contributed by atoms with Crippen LogP contribution in [0.3, 0.4) is 0 Å². The maximum absolute atomic E-state index is 5.97. The molecule has 122 valence electrons. The summed E-state index contributed by atoms with van der Waals surface area (Å²) in [5.41, 5.74) is 9.91. The standard InChI is InChI=1S/C18H18N4O2/c1-23-16-8-13-14(9-17(16)24-2)20-10-21-18(13)22-6-5-11-3-4-12(19)7-15(11)22/h3-4,7-10H,5-6,19H2,1-2H3. The van der Waals surface area contributed by atoms with Gasteiger partial charge in [-0.1, -0.05) is 6.07 Å². The molecule has 0 aliphatic carbocycles. The highest BCUT2D eigenvalue weighted by Crippen LogP contribution is 2.40. The molecule has 24 heavy (non-hydrogen) atoms. The summed E-state index contributed by atoms with van der Waals surface area (Å²) in [5.74, 6) is 2.17. The summed E-state index contributed by atoms with van der Waals surface area (Å²) in [4.78, 5) is 11.1. The number of hydrogen-bond donors (Lipinski definition) is 1. The van der Waals surface area contributed by atoms with Crippen molar-refractivity contribution in [2.24, 2.45) is 0 Å². The highest BCUT2D eigenvalue weighted by Gasteiger charge is 2.24. The van der Waals surface area contributed by atoms with Crippen LogP contribution in [0, 0.1) is 0 Å². The van der Waals surface area contributed by atoms with Gasteiger partial charge in [0.1, 0.15) is 12.1 Å². The lowest BCUT2D eigenvalue weighted by Crippen LogP contribution is -2.15. The van der Waals surface area contributed by atoms with Gasteiger partial charge in [0.15, 0.2) is 11.5 Å². The van der Waals surface area contributed by atoms with Crippen molar-refractivity contribution in [1.29, 1.82) is 0 Å². The zero-order valence-electron chi connectivity index (χ0n) is 13.6. The lowest BCUT2D eigenvalue weighted by Gasteiger charge is -2.20. The fourth-order valence-electron chi connectivity index (χ4n) is 3.20. The minimum Gasteiger partial charge on any atom is -0.493 e. The normalized spacial score (nSPS) is 13.2. The summed E-state index contributed by atoms with van der Waals surface area (Å²) in [5, 5.41) is 0.922. The number of anilines is 3. The smallest absolute Gasteiger partial charge is 0.162 e. The summed E-state index contributed by atoms with van der Waals surface area (Å²) < 4.78 is 10.8. The quantitative estimate of drug-likeness (QED) is 0.747. The van der Waals surface area contributed by atoms with Gasteiger partial charge in [-0.05, 0) is 30.2 Å². The number of rotatable bonds is 3. The summed E-state index contributed by atoms with van der Waals surface area (Å²) in [6, 6.07) is 9.81. The van der Waals surface area contributed by atoms with Crippen molar-refractivity contribution < 1.29 is 9.47 Å². The Morgan fingerprint density at radius 3 is 2.62 bits per heavy atom. The third-order valence-corrected chi connectivity index (χ3v) is 4.38. The summed E-state index contributed by atoms with van der Waals surface area (Å²) >= 11 is 0. The maximum Gasteiger partial charge on any atom is 0.162 e. The Labute approximate surface area is 139 Å². The van der Waals surface area contributed by atoms with E-state index in [0.717, 1.165) is 41.1 Å². The van der Waals surface area contributed by atoms with Gasteiger partial charge in [-0.15, -0.1) is 0 Å². The van der Waals surface area contributed by atoms with Crippen molar-refractivity contribution in [3.8, 4) is 11.5 Å². The monoisotopic (exact) mass is 322 g/mol. The molecule has 0 amide bonds. The largest absolute Gasteiger partial charge is 0.493 e. The molecule has 3 aromatic rings. The molecule has 0 radical (unpaired) electrons. The van der Waals surface area contributed by atoms with Crippen molar-refractivity contribution >= 4 is 28.1 Å². The molecular weight excluding hydrogens is 304 g/mol. The molecule has 0 atom stereocenters. The van der Waals surface area contributed by atoms with Gasteiger partial charge in [-0.25, -0.2) is 9.97 Å². The molecule has 0 spiro atoms. The van der Waals surface area contributed by atoms with Gasteiger partial charge in [0.05, 0.1) is 19.7 Å². The highest BCUT2D eigenvalue weighted by atomic mass is 16.5. The molecule has 0 unspecified atom stereocenters. The Morgan fingerprint density at radius 1 is 1.04 bits per heavy atom. The second kappa shape index (κ2) is 5.56. The van der Waals surface area contributed by atoms with Crippen molar-refractivity contribution in [2.45, 2.75) is 6.42 Å². The first-order valence-electron chi connectivity index (χ1n) is 7.74. The molecule has 2 aromatic carbocycles. The first-order valence-corrected chi connectivity index (χ1v) is 7.74. The first kappa shape index (κ1) is 14.6. The van der Waals surface area contributed by atoms with Crippen molar-refractivity contribution in [3.63, 3.8) is 0 Å². The molecule has 4 rings (SSSR count). The van der Waals surface area contributed by atoms with Crippen LogP contribution in [-0.2, 0) is 6.42 Å². The van der Waals surface area contributed by atoms with Crippen LogP contribution in [0.5, 0.6) is 11.5 Å². The number of methoxy groups -OCH3 is 2. The second-order valence-corrected chi connectivity index (χ2v) is 5.71. The predicted octanol–water partition coefficient (Wildman–Crippen LogP) is 2.92. The number of benzene rings is 2. The fraction of sp³-hybridized carbons (Fsp3) is 0.222. The number of ether oxygens (including phenoxy) is 2. The average Bonchev–Trinajstić information content (AvgIpc) is 3.02. The van der Waals surface area contributed by atoms with Crippen LogP contribution in [0.15, 0.2) is 36.7 Å². The van der Waals surface area contributed by atoms with Crippen LogP contribution in [0.25, 0.3) is 10.9 Å². The number of nitrogens with zero attached hydrogens (tertiary/aromatic N) is 3. The van der Waals surface area contributed by atoms with E-state index in [2.05, 4.69) is 20.9 Å². The summed E-state index contributed by atoms with van der Waals surface area (Å²) in [7, 11) is 3.24. The van der Waals surface area contributed by atoms with Crippen LogP contribution < -0.4 is 20.1 Å². The topological polar surface area (TPSA) is 73.5 Å². The fourth-order valence-corrected chi connectivity index (χ4v) is 3.20. The molecule has 2 heterocycles. The van der Waals surface area contributed by atoms with Crippen LogP contribution >= 0.6 is 0 Å². The highest BCUT2D eigenvalue weighted by molar-refractivity contribution is 5.94. The Hall–Kier alpha value is -3.02. The molecule has 0 saturated carbocycles. The van der Waals surface area contributed by atoms with Gasteiger partial charge in [-0.3, -0.25) is 0 Å².